The summed E-state index contributed by atoms with van der Waals surface area (Å²) in [5.74, 6) is 0. The first-order valence-corrected chi connectivity index (χ1v) is 7.88. The highest BCUT2D eigenvalue weighted by atomic mass is 15.3. The van der Waals surface area contributed by atoms with E-state index in [1.807, 2.05) is 29.1 Å². The lowest BCUT2D eigenvalue weighted by Gasteiger charge is -2.05. The monoisotopic (exact) mass is 308 g/mol. The Balaban J connectivity index is 2.06. The van der Waals surface area contributed by atoms with Crippen LogP contribution in [0.4, 0.5) is 5.69 Å². The first-order chi connectivity index (χ1) is 11.3. The van der Waals surface area contributed by atoms with Gasteiger partial charge in [-0.15, -0.1) is 0 Å². The molecule has 0 bridgehead atoms. The van der Waals surface area contributed by atoms with Gasteiger partial charge in [-0.2, -0.15) is 20.7 Å². The van der Waals surface area contributed by atoms with E-state index in [1.54, 1.807) is 12.1 Å². The lowest BCUT2D eigenvalue weighted by molar-refractivity contribution is 0.544. The van der Waals surface area contributed by atoms with Crippen molar-refractivity contribution in [2.75, 3.05) is 5.43 Å². The van der Waals surface area contributed by atoms with Crippen molar-refractivity contribution < 1.29 is 0 Å². The van der Waals surface area contributed by atoms with Crippen LogP contribution in [0.15, 0.2) is 29.5 Å². The van der Waals surface area contributed by atoms with Crippen LogP contribution in [-0.4, -0.2) is 15.5 Å². The Hall–Kier alpha value is -2.86. The number of fused-ring (bicyclic) bond motifs is 1. The number of hydrogen-bond acceptors (Lipinski definition) is 5. The van der Waals surface area contributed by atoms with E-state index in [4.69, 9.17) is 10.5 Å². The first-order valence-electron chi connectivity index (χ1n) is 7.88. The van der Waals surface area contributed by atoms with Gasteiger partial charge in [0, 0.05) is 11.9 Å². The van der Waals surface area contributed by atoms with Crippen molar-refractivity contribution in [3.05, 3.63) is 24.4 Å². The van der Waals surface area contributed by atoms with Crippen LogP contribution >= 0.6 is 0 Å². The van der Waals surface area contributed by atoms with Crippen molar-refractivity contribution in [2.24, 2.45) is 5.10 Å². The molecule has 6 heteroatoms. The summed E-state index contributed by atoms with van der Waals surface area (Å²) >= 11 is 0. The Bertz CT molecular complexity index is 743. The van der Waals surface area contributed by atoms with Crippen molar-refractivity contribution in [2.45, 2.75) is 45.6 Å². The molecule has 23 heavy (non-hydrogen) atoms. The number of nitriles is 2. The molecule has 2 aromatic rings. The molecule has 0 saturated carbocycles. The Morgan fingerprint density at radius 3 is 2.74 bits per heavy atom. The summed E-state index contributed by atoms with van der Waals surface area (Å²) in [4.78, 5) is 0. The summed E-state index contributed by atoms with van der Waals surface area (Å²) in [6.45, 7) is 3.10. The van der Waals surface area contributed by atoms with Crippen LogP contribution in [0, 0.1) is 22.7 Å². The van der Waals surface area contributed by atoms with Gasteiger partial charge in [-0.05, 0) is 24.6 Å². The predicted molar refractivity (Wildman–Crippen MR) is 90.8 cm³/mol. The van der Waals surface area contributed by atoms with Crippen molar-refractivity contribution in [3.63, 3.8) is 0 Å². The molecule has 0 aliphatic heterocycles. The van der Waals surface area contributed by atoms with Crippen LogP contribution in [0.5, 0.6) is 0 Å². The number of hydrogen-bond donors (Lipinski definition) is 1. The largest absolute Gasteiger partial charge is 0.276 e. The maximum atomic E-state index is 8.69. The zero-order valence-electron chi connectivity index (χ0n) is 13.3. The van der Waals surface area contributed by atoms with Crippen molar-refractivity contribution in [1.82, 2.24) is 9.78 Å². The molecule has 0 atom stereocenters. The van der Waals surface area contributed by atoms with Crippen LogP contribution < -0.4 is 5.43 Å². The predicted octanol–water partition coefficient (Wildman–Crippen LogP) is 3.82. The van der Waals surface area contributed by atoms with E-state index in [2.05, 4.69) is 22.5 Å². The molecule has 1 N–H and O–H groups in total. The molecule has 0 radical (unpaired) electrons. The van der Waals surface area contributed by atoms with Crippen LogP contribution in [0.3, 0.4) is 0 Å². The van der Waals surface area contributed by atoms with Crippen molar-refractivity contribution in [3.8, 4) is 12.1 Å². The lowest BCUT2D eigenvalue weighted by Crippen LogP contribution is -2.00. The standard InChI is InChI=1S/C17H20N6/c1-2-3-4-5-6-9-23-17-10-15(8-7-14(17)13-20-23)21-22-16(11-18)12-19/h7-8,10,13,21H,2-6,9H2,1H3. The molecule has 6 nitrogen and oxygen atoms in total. The second-order valence-corrected chi connectivity index (χ2v) is 5.35. The number of anilines is 1. The van der Waals surface area contributed by atoms with Crippen LogP contribution in [0.1, 0.15) is 39.0 Å². The molecule has 0 fully saturated rings. The van der Waals surface area contributed by atoms with E-state index < -0.39 is 0 Å². The van der Waals surface area contributed by atoms with E-state index in [1.165, 1.54) is 25.7 Å². The quantitative estimate of drug-likeness (QED) is 0.456. The highest BCUT2D eigenvalue weighted by Gasteiger charge is 2.04. The molecule has 118 valence electrons. The maximum Gasteiger partial charge on any atom is 0.237 e. The van der Waals surface area contributed by atoms with Gasteiger partial charge in [0.05, 0.1) is 17.4 Å². The number of unbranched alkanes of at least 4 members (excludes halogenated alkanes) is 4. The number of aryl methyl sites for hydroxylation is 1. The number of nitrogens with one attached hydrogen (secondary N) is 1. The summed E-state index contributed by atoms with van der Waals surface area (Å²) in [6.07, 6.45) is 7.97. The highest BCUT2D eigenvalue weighted by molar-refractivity contribution is 6.10. The molecule has 0 amide bonds. The zero-order valence-corrected chi connectivity index (χ0v) is 13.3. The van der Waals surface area contributed by atoms with Gasteiger partial charge in [0.15, 0.2) is 0 Å². The first kappa shape index (κ1) is 16.5. The maximum absolute atomic E-state index is 8.69. The fraction of sp³-hybridized carbons (Fsp3) is 0.412. The average Bonchev–Trinajstić information content (AvgIpc) is 2.98. The minimum absolute atomic E-state index is 0.200. The van der Waals surface area contributed by atoms with Crippen LogP contribution in [-0.2, 0) is 6.54 Å². The van der Waals surface area contributed by atoms with Gasteiger partial charge in [-0.1, -0.05) is 32.6 Å². The van der Waals surface area contributed by atoms with Crippen LogP contribution in [0.25, 0.3) is 10.9 Å². The van der Waals surface area contributed by atoms with Gasteiger partial charge >= 0.3 is 0 Å². The molecule has 0 spiro atoms. The Labute approximate surface area is 136 Å². The van der Waals surface area contributed by atoms with E-state index in [-0.39, 0.29) is 5.71 Å². The third-order valence-corrected chi connectivity index (χ3v) is 3.63. The molecule has 0 aliphatic rings. The molecule has 0 unspecified atom stereocenters. The molecular formula is C17H20N6. The number of benzene rings is 1. The molecular weight excluding hydrogens is 288 g/mol. The fourth-order valence-corrected chi connectivity index (χ4v) is 2.38. The Kier molecular flexibility index (Phi) is 6.14. The lowest BCUT2D eigenvalue weighted by atomic mass is 10.1. The van der Waals surface area contributed by atoms with Crippen LogP contribution in [0.2, 0.25) is 0 Å². The number of rotatable bonds is 8. The van der Waals surface area contributed by atoms with Crippen molar-refractivity contribution >= 4 is 22.3 Å². The van der Waals surface area contributed by atoms with E-state index >= 15 is 0 Å². The molecule has 1 heterocycles. The smallest absolute Gasteiger partial charge is 0.237 e. The Morgan fingerprint density at radius 1 is 1.22 bits per heavy atom. The minimum atomic E-state index is -0.200. The van der Waals surface area contributed by atoms with E-state index in [0.717, 1.165) is 29.6 Å². The normalized spacial score (nSPS) is 10.0. The second kappa shape index (κ2) is 8.55. The van der Waals surface area contributed by atoms with E-state index in [9.17, 15) is 0 Å². The summed E-state index contributed by atoms with van der Waals surface area (Å²) in [5, 5.41) is 26.6. The molecule has 1 aromatic heterocycles. The number of aromatic nitrogens is 2. The van der Waals surface area contributed by atoms with Gasteiger partial charge in [0.25, 0.3) is 0 Å². The number of hydrazone groups is 1. The SMILES string of the molecule is CCCCCCCn1ncc2ccc(NN=C(C#N)C#N)cc21. The van der Waals surface area contributed by atoms with Gasteiger partial charge in [0.2, 0.25) is 5.71 Å². The van der Waals surface area contributed by atoms with E-state index in [0.29, 0.717) is 0 Å². The van der Waals surface area contributed by atoms with Gasteiger partial charge in [-0.25, -0.2) is 0 Å². The molecule has 1 aromatic carbocycles. The average molecular weight is 308 g/mol. The zero-order chi connectivity index (χ0) is 16.5. The summed E-state index contributed by atoms with van der Waals surface area (Å²) in [5.41, 5.74) is 4.30. The summed E-state index contributed by atoms with van der Waals surface area (Å²) < 4.78 is 1.99. The highest BCUT2D eigenvalue weighted by Crippen LogP contribution is 2.20. The fourth-order valence-electron chi connectivity index (χ4n) is 2.38. The van der Waals surface area contributed by atoms with Crippen molar-refractivity contribution in [1.29, 1.82) is 10.5 Å². The molecule has 2 rings (SSSR count). The third kappa shape index (κ3) is 4.55. The topological polar surface area (TPSA) is 89.8 Å². The van der Waals surface area contributed by atoms with Gasteiger partial charge in [0.1, 0.15) is 12.1 Å². The Morgan fingerprint density at radius 2 is 2.00 bits per heavy atom. The van der Waals surface area contributed by atoms with Gasteiger partial charge in [-0.3, -0.25) is 10.1 Å². The molecule has 0 aliphatic carbocycles. The summed E-state index contributed by atoms with van der Waals surface area (Å²) in [6, 6.07) is 9.18. The summed E-state index contributed by atoms with van der Waals surface area (Å²) in [7, 11) is 0. The third-order valence-electron chi connectivity index (χ3n) is 3.63. The minimum Gasteiger partial charge on any atom is -0.276 e. The number of nitrogens with zero attached hydrogens (tertiary/aromatic N) is 5. The second-order valence-electron chi connectivity index (χ2n) is 5.35. The molecule has 0 saturated heterocycles. The van der Waals surface area contributed by atoms with Gasteiger partial charge < -0.3 is 0 Å².